The molecule has 0 bridgehead atoms. The number of fused-ring (bicyclic) bond motifs is 16. The molecule has 18 rings (SSSR count). The Morgan fingerprint density at radius 2 is 0.886 bits per heavy atom. The second-order valence-electron chi connectivity index (χ2n) is 26.3. The topological polar surface area (TPSA) is 32.1 Å². The van der Waals surface area contributed by atoms with Crippen LogP contribution in [0.15, 0.2) is 253 Å². The number of anilines is 9. The molecule has 0 saturated heterocycles. The van der Waals surface area contributed by atoms with E-state index >= 15 is 0 Å². The van der Waals surface area contributed by atoms with Gasteiger partial charge in [0.15, 0.2) is 0 Å². The van der Waals surface area contributed by atoms with E-state index in [2.05, 4.69) is 305 Å². The van der Waals surface area contributed by atoms with E-state index in [9.17, 15) is 0 Å². The third-order valence-electron chi connectivity index (χ3n) is 19.2. The van der Waals surface area contributed by atoms with E-state index in [-0.39, 0.29) is 24.3 Å². The van der Waals surface area contributed by atoms with E-state index in [1.165, 1.54) is 70.0 Å². The molecular formula is C80H59B2N3O2S. The maximum atomic E-state index is 7.77. The molecular weight excluding hydrogens is 1090 g/mol. The Bertz CT molecular complexity index is 5160. The second-order valence-corrected chi connectivity index (χ2v) is 27.4. The van der Waals surface area contributed by atoms with Crippen LogP contribution in [-0.4, -0.2) is 13.4 Å². The van der Waals surface area contributed by atoms with Gasteiger partial charge in [-0.3, -0.25) is 0 Å². The fourth-order valence-electron chi connectivity index (χ4n) is 15.2. The minimum absolute atomic E-state index is 0.0271. The van der Waals surface area contributed by atoms with E-state index in [1.54, 1.807) is 0 Å². The van der Waals surface area contributed by atoms with Crippen molar-refractivity contribution in [2.24, 2.45) is 0 Å². The highest BCUT2D eigenvalue weighted by Crippen LogP contribution is 2.55. The zero-order chi connectivity index (χ0) is 58.9. The van der Waals surface area contributed by atoms with E-state index in [1.807, 2.05) is 11.3 Å². The maximum Gasteiger partial charge on any atom is 0.256 e. The quantitative estimate of drug-likeness (QED) is 0.160. The second kappa shape index (κ2) is 18.7. The van der Waals surface area contributed by atoms with Crippen molar-refractivity contribution in [2.75, 3.05) is 14.7 Å². The zero-order valence-electron chi connectivity index (χ0n) is 49.9. The summed E-state index contributed by atoms with van der Waals surface area (Å²) in [6.07, 6.45) is 0. The fraction of sp³-hybridized carbons (Fsp3) is 0.100. The van der Waals surface area contributed by atoms with Crippen LogP contribution in [-0.2, 0) is 10.8 Å². The molecule has 0 unspecified atom stereocenters. The van der Waals surface area contributed by atoms with Crippen molar-refractivity contribution in [1.82, 2.24) is 0 Å². The summed E-state index contributed by atoms with van der Waals surface area (Å²) in [6, 6.07) is 92.9. The molecule has 4 aliphatic heterocycles. The Hall–Kier alpha value is -10.0. The minimum Gasteiger partial charge on any atom is -0.458 e. The Morgan fingerprint density at radius 1 is 0.352 bits per heavy atom. The third kappa shape index (κ3) is 7.42. The highest BCUT2D eigenvalue weighted by molar-refractivity contribution is 7.26. The molecule has 0 fully saturated rings. The molecule has 12 aromatic carbocycles. The number of para-hydroxylation sites is 6. The van der Waals surface area contributed by atoms with Gasteiger partial charge in [-0.15, -0.1) is 11.3 Å². The van der Waals surface area contributed by atoms with Crippen molar-refractivity contribution in [2.45, 2.75) is 52.4 Å². The Morgan fingerprint density at radius 3 is 1.50 bits per heavy atom. The lowest BCUT2D eigenvalue weighted by Crippen LogP contribution is -2.64. The van der Waals surface area contributed by atoms with Gasteiger partial charge in [-0.25, -0.2) is 0 Å². The predicted octanol–water partition coefficient (Wildman–Crippen LogP) is 18.4. The summed E-state index contributed by atoms with van der Waals surface area (Å²) in [5.74, 6) is 1.73. The SMILES string of the molecule is CC(C)(C)c1ccc(-c2cccc(-c3ccc(C(C)(C)C)cc3)c2N2c3cc4c(cc3B3c5ccccc5N(c5ccccc5)c5c3c2cc2oc3ccccc3c52)B2c3ccccc3N(c3ccccc3)c3c2c(cc2sc5ccccc5c32)O4)cc1. The molecule has 14 aromatic rings. The largest absolute Gasteiger partial charge is 0.458 e. The van der Waals surface area contributed by atoms with Gasteiger partial charge in [0.25, 0.3) is 13.4 Å². The average Bonchev–Trinajstić information content (AvgIpc) is 1.05. The molecule has 0 saturated carbocycles. The lowest BCUT2D eigenvalue weighted by atomic mass is 9.30. The van der Waals surface area contributed by atoms with Crippen molar-refractivity contribution in [1.29, 1.82) is 0 Å². The summed E-state index contributed by atoms with van der Waals surface area (Å²) in [6.45, 7) is 13.4. The zero-order valence-corrected chi connectivity index (χ0v) is 50.7. The van der Waals surface area contributed by atoms with Crippen LogP contribution >= 0.6 is 11.3 Å². The molecule has 4 aliphatic rings. The first kappa shape index (κ1) is 51.2. The molecule has 6 heterocycles. The number of rotatable bonds is 5. The Balaban J connectivity index is 0.993. The molecule has 88 heavy (non-hydrogen) atoms. The van der Waals surface area contributed by atoms with Crippen LogP contribution in [0.3, 0.4) is 0 Å². The summed E-state index contributed by atoms with van der Waals surface area (Å²) in [7, 11) is 0. The lowest BCUT2D eigenvalue weighted by molar-refractivity contribution is 0.488. The van der Waals surface area contributed by atoms with Crippen molar-refractivity contribution in [3.63, 3.8) is 0 Å². The van der Waals surface area contributed by atoms with Gasteiger partial charge in [-0.2, -0.15) is 0 Å². The fourth-order valence-corrected chi connectivity index (χ4v) is 16.3. The summed E-state index contributed by atoms with van der Waals surface area (Å²) >= 11 is 1.84. The maximum absolute atomic E-state index is 7.77. The van der Waals surface area contributed by atoms with Gasteiger partial charge < -0.3 is 23.9 Å². The van der Waals surface area contributed by atoms with Crippen molar-refractivity contribution in [3.8, 4) is 33.8 Å². The van der Waals surface area contributed by atoms with Crippen molar-refractivity contribution in [3.05, 3.63) is 260 Å². The molecule has 0 radical (unpaired) electrons. The highest BCUT2D eigenvalue weighted by atomic mass is 32.1. The van der Waals surface area contributed by atoms with Gasteiger partial charge in [0.05, 0.1) is 22.4 Å². The predicted molar refractivity (Wildman–Crippen MR) is 375 cm³/mol. The third-order valence-corrected chi connectivity index (χ3v) is 20.3. The first-order valence-electron chi connectivity index (χ1n) is 30.8. The molecule has 5 nitrogen and oxygen atoms in total. The normalized spacial score (nSPS) is 13.8. The number of hydrogen-bond donors (Lipinski definition) is 0. The van der Waals surface area contributed by atoms with Gasteiger partial charge in [0, 0.05) is 82.9 Å². The van der Waals surface area contributed by atoms with E-state index in [0.717, 1.165) is 101 Å². The van der Waals surface area contributed by atoms with E-state index in [0.29, 0.717) is 0 Å². The number of benzene rings is 12. The van der Waals surface area contributed by atoms with E-state index in [4.69, 9.17) is 9.15 Å². The van der Waals surface area contributed by atoms with Gasteiger partial charge in [-0.05, 0) is 120 Å². The summed E-state index contributed by atoms with van der Waals surface area (Å²) in [5.41, 5.74) is 26.0. The number of thiophene rings is 1. The monoisotopic (exact) mass is 1150 g/mol. The standard InChI is InChI=1S/C80H59B2N3O2S/c1-79(2,3)50-40-36-48(37-41-50)54-28-21-29-55(49-38-42-51(43-39-49)80(4,5)6)76(54)85-64-45-67-61(82-59-31-16-18-33-63(59)84(53-24-11-8-12-25-53)78-73-57-27-14-20-35-70(57)88-71(73)47-69(87-67)75(78)82)44-60(64)81-58-30-15-17-32-62(58)83(52-22-9-7-10-23-52)77-72-56-26-13-19-34-66(56)86-68(72)46-65(85)74(77)81/h7-47H,1-6H3. The molecule has 0 atom stereocenters. The van der Waals surface area contributed by atoms with Crippen LogP contribution < -0.4 is 52.2 Å². The molecule has 2 aromatic heterocycles. The first-order chi connectivity index (χ1) is 42.9. The van der Waals surface area contributed by atoms with Gasteiger partial charge in [0.1, 0.15) is 22.7 Å². The van der Waals surface area contributed by atoms with Crippen molar-refractivity contribution >= 4 is 151 Å². The molecule has 0 spiro atoms. The van der Waals surface area contributed by atoms with Gasteiger partial charge >= 0.3 is 0 Å². The molecule has 0 aliphatic carbocycles. The average molecular weight is 1150 g/mol. The molecule has 0 N–H and O–H groups in total. The number of nitrogens with zero attached hydrogens (tertiary/aromatic N) is 3. The highest BCUT2D eigenvalue weighted by Gasteiger charge is 2.49. The lowest BCUT2D eigenvalue weighted by Gasteiger charge is -2.46. The Labute approximate surface area is 517 Å². The van der Waals surface area contributed by atoms with Crippen molar-refractivity contribution < 1.29 is 9.15 Å². The minimum atomic E-state index is -0.215. The first-order valence-corrected chi connectivity index (χ1v) is 31.6. The molecule has 8 heteroatoms. The van der Waals surface area contributed by atoms with Crippen LogP contribution in [0.2, 0.25) is 0 Å². The summed E-state index contributed by atoms with van der Waals surface area (Å²) in [5, 5.41) is 4.69. The van der Waals surface area contributed by atoms with Crippen LogP contribution in [0.25, 0.3) is 64.4 Å². The number of furan rings is 1. The van der Waals surface area contributed by atoms with Crippen LogP contribution in [0, 0.1) is 0 Å². The van der Waals surface area contributed by atoms with Gasteiger partial charge in [0.2, 0.25) is 0 Å². The molecule has 418 valence electrons. The number of ether oxygens (including phenoxy) is 1. The van der Waals surface area contributed by atoms with Crippen LogP contribution in [0.5, 0.6) is 11.5 Å². The van der Waals surface area contributed by atoms with Crippen LogP contribution in [0.4, 0.5) is 51.2 Å². The van der Waals surface area contributed by atoms with E-state index < -0.39 is 0 Å². The smallest absolute Gasteiger partial charge is 0.256 e. The Kier molecular flexibility index (Phi) is 10.9. The number of hydrogen-bond acceptors (Lipinski definition) is 6. The molecule has 0 amide bonds. The van der Waals surface area contributed by atoms with Crippen LogP contribution in [0.1, 0.15) is 52.7 Å². The summed E-state index contributed by atoms with van der Waals surface area (Å²) in [4.78, 5) is 7.65. The summed E-state index contributed by atoms with van der Waals surface area (Å²) < 4.78 is 17.4. The van der Waals surface area contributed by atoms with Gasteiger partial charge in [-0.1, -0.05) is 224 Å².